The van der Waals surface area contributed by atoms with Crippen LogP contribution >= 0.6 is 15.9 Å². The fraction of sp³-hybridized carbons (Fsp3) is 0.533. The number of imidazole rings is 1. The average Bonchev–Trinajstić information content (AvgIpc) is 2.82. The van der Waals surface area contributed by atoms with Crippen LogP contribution in [0.1, 0.15) is 43.0 Å². The van der Waals surface area contributed by atoms with Crippen molar-refractivity contribution in [2.24, 2.45) is 5.92 Å². The second-order valence-electron chi connectivity index (χ2n) is 5.83. The first-order valence-electron chi connectivity index (χ1n) is 7.07. The summed E-state index contributed by atoms with van der Waals surface area (Å²) in [4.78, 5) is 7.88. The normalized spacial score (nSPS) is 23.7. The molecule has 0 bridgehead atoms. The van der Waals surface area contributed by atoms with Crippen molar-refractivity contribution in [1.82, 2.24) is 9.97 Å². The second kappa shape index (κ2) is 5.30. The van der Waals surface area contributed by atoms with Crippen molar-refractivity contribution in [3.8, 4) is 0 Å². The number of H-pyrrole nitrogens is 1. The van der Waals surface area contributed by atoms with Gasteiger partial charge in [-0.05, 0) is 50.3 Å². The van der Waals surface area contributed by atoms with Crippen molar-refractivity contribution in [3.63, 3.8) is 0 Å². The highest BCUT2D eigenvalue weighted by molar-refractivity contribution is 9.10. The minimum absolute atomic E-state index is 0.106. The molecule has 0 aliphatic heterocycles. The van der Waals surface area contributed by atoms with Crippen LogP contribution in [0.5, 0.6) is 0 Å². The SMILES string of the molecule is Cc1cc(Br)cc2[nH]c(C3CCC(C(F)(F)F)CC3)nc12. The quantitative estimate of drug-likeness (QED) is 0.717. The molecule has 0 spiro atoms. The lowest BCUT2D eigenvalue weighted by molar-refractivity contribution is -0.182. The number of alkyl halides is 3. The van der Waals surface area contributed by atoms with Crippen LogP contribution in [0.3, 0.4) is 0 Å². The van der Waals surface area contributed by atoms with Gasteiger partial charge in [-0.2, -0.15) is 13.2 Å². The summed E-state index contributed by atoms with van der Waals surface area (Å²) in [7, 11) is 0. The van der Waals surface area contributed by atoms with Gasteiger partial charge in [0.1, 0.15) is 5.82 Å². The maximum Gasteiger partial charge on any atom is 0.391 e. The van der Waals surface area contributed by atoms with E-state index in [1.54, 1.807) is 0 Å². The highest BCUT2D eigenvalue weighted by Crippen LogP contribution is 2.42. The van der Waals surface area contributed by atoms with Crippen molar-refractivity contribution in [1.29, 1.82) is 0 Å². The molecule has 1 aliphatic rings. The highest BCUT2D eigenvalue weighted by atomic mass is 79.9. The number of aromatic nitrogens is 2. The Labute approximate surface area is 129 Å². The predicted octanol–water partition coefficient (Wildman–Crippen LogP) is 5.47. The van der Waals surface area contributed by atoms with Crippen LogP contribution in [-0.2, 0) is 0 Å². The van der Waals surface area contributed by atoms with E-state index in [1.165, 1.54) is 0 Å². The summed E-state index contributed by atoms with van der Waals surface area (Å²) >= 11 is 3.45. The largest absolute Gasteiger partial charge is 0.391 e. The number of halogens is 4. The van der Waals surface area contributed by atoms with E-state index in [9.17, 15) is 13.2 Å². The van der Waals surface area contributed by atoms with E-state index in [0.717, 1.165) is 26.9 Å². The molecule has 0 amide bonds. The summed E-state index contributed by atoms with van der Waals surface area (Å²) < 4.78 is 39.1. The van der Waals surface area contributed by atoms with Gasteiger partial charge in [-0.25, -0.2) is 4.98 Å². The summed E-state index contributed by atoms with van der Waals surface area (Å²) in [6, 6.07) is 3.95. The smallest absolute Gasteiger partial charge is 0.342 e. The van der Waals surface area contributed by atoms with Crippen molar-refractivity contribution >= 4 is 27.0 Å². The van der Waals surface area contributed by atoms with E-state index >= 15 is 0 Å². The lowest BCUT2D eigenvalue weighted by Gasteiger charge is -2.28. The molecule has 0 atom stereocenters. The number of nitrogens with one attached hydrogen (secondary N) is 1. The number of rotatable bonds is 1. The Balaban J connectivity index is 1.81. The molecule has 3 rings (SSSR count). The molecular formula is C15H16BrF3N2. The molecule has 0 saturated heterocycles. The summed E-state index contributed by atoms with van der Waals surface area (Å²) in [5.74, 6) is -0.213. The van der Waals surface area contributed by atoms with Crippen LogP contribution in [-0.4, -0.2) is 16.1 Å². The molecule has 2 nitrogen and oxygen atoms in total. The topological polar surface area (TPSA) is 28.7 Å². The lowest BCUT2D eigenvalue weighted by Crippen LogP contribution is -2.27. The maximum absolute atomic E-state index is 12.7. The minimum atomic E-state index is -4.06. The van der Waals surface area contributed by atoms with Crippen LogP contribution in [0.25, 0.3) is 11.0 Å². The molecule has 114 valence electrons. The van der Waals surface area contributed by atoms with Crippen molar-refractivity contribution in [2.45, 2.75) is 44.7 Å². The van der Waals surface area contributed by atoms with Crippen LogP contribution < -0.4 is 0 Å². The van der Waals surface area contributed by atoms with Gasteiger partial charge in [-0.15, -0.1) is 0 Å². The average molecular weight is 361 g/mol. The Kier molecular flexibility index (Phi) is 3.76. The molecule has 1 aromatic carbocycles. The summed E-state index contributed by atoms with van der Waals surface area (Å²) in [6.45, 7) is 1.98. The first-order chi connectivity index (χ1) is 9.84. The molecule has 6 heteroatoms. The van der Waals surface area contributed by atoms with Gasteiger partial charge in [0, 0.05) is 10.4 Å². The van der Waals surface area contributed by atoms with E-state index in [1.807, 2.05) is 19.1 Å². The van der Waals surface area contributed by atoms with Gasteiger partial charge >= 0.3 is 6.18 Å². The molecule has 1 aromatic heterocycles. The third-order valence-electron chi connectivity index (χ3n) is 4.34. The number of fused-ring (bicyclic) bond motifs is 1. The lowest BCUT2D eigenvalue weighted by atomic mass is 9.81. The Morgan fingerprint density at radius 3 is 2.48 bits per heavy atom. The molecule has 0 unspecified atom stereocenters. The zero-order valence-electron chi connectivity index (χ0n) is 11.6. The third-order valence-corrected chi connectivity index (χ3v) is 4.79. The second-order valence-corrected chi connectivity index (χ2v) is 6.75. The number of aromatic amines is 1. The van der Waals surface area contributed by atoms with E-state index < -0.39 is 12.1 Å². The predicted molar refractivity (Wildman–Crippen MR) is 79.3 cm³/mol. The number of aryl methyl sites for hydroxylation is 1. The van der Waals surface area contributed by atoms with E-state index in [-0.39, 0.29) is 18.8 Å². The molecular weight excluding hydrogens is 345 g/mol. The van der Waals surface area contributed by atoms with E-state index in [2.05, 4.69) is 25.9 Å². The number of hydrogen-bond acceptors (Lipinski definition) is 1. The van der Waals surface area contributed by atoms with Gasteiger partial charge < -0.3 is 4.98 Å². The van der Waals surface area contributed by atoms with Crippen molar-refractivity contribution < 1.29 is 13.2 Å². The molecule has 1 aliphatic carbocycles. The summed E-state index contributed by atoms with van der Waals surface area (Å²) in [5.41, 5.74) is 2.91. The molecule has 1 heterocycles. The fourth-order valence-electron chi connectivity index (χ4n) is 3.15. The minimum Gasteiger partial charge on any atom is -0.342 e. The van der Waals surface area contributed by atoms with Gasteiger partial charge in [0.15, 0.2) is 0 Å². The summed E-state index contributed by atoms with van der Waals surface area (Å²) in [6.07, 6.45) is -2.56. The fourth-order valence-corrected chi connectivity index (χ4v) is 3.73. The van der Waals surface area contributed by atoms with Crippen LogP contribution in [0, 0.1) is 12.8 Å². The molecule has 0 radical (unpaired) electrons. The Bertz CT molecular complexity index is 655. The number of nitrogens with zero attached hydrogens (tertiary/aromatic N) is 1. The molecule has 1 N–H and O–H groups in total. The summed E-state index contributed by atoms with van der Waals surface area (Å²) in [5, 5.41) is 0. The molecule has 21 heavy (non-hydrogen) atoms. The van der Waals surface area contributed by atoms with Crippen LogP contribution in [0.2, 0.25) is 0 Å². The zero-order valence-corrected chi connectivity index (χ0v) is 13.2. The van der Waals surface area contributed by atoms with Gasteiger partial charge in [0.2, 0.25) is 0 Å². The molecule has 1 saturated carbocycles. The first kappa shape index (κ1) is 14.9. The van der Waals surface area contributed by atoms with Gasteiger partial charge in [-0.1, -0.05) is 15.9 Å². The Morgan fingerprint density at radius 1 is 1.19 bits per heavy atom. The Morgan fingerprint density at radius 2 is 1.86 bits per heavy atom. The van der Waals surface area contributed by atoms with Crippen molar-refractivity contribution in [2.75, 3.05) is 0 Å². The number of hydrogen-bond donors (Lipinski definition) is 1. The molecule has 1 fully saturated rings. The number of benzene rings is 1. The van der Waals surface area contributed by atoms with Gasteiger partial charge in [0.25, 0.3) is 0 Å². The monoisotopic (exact) mass is 360 g/mol. The van der Waals surface area contributed by atoms with Gasteiger partial charge in [0.05, 0.1) is 17.0 Å². The Hall–Kier alpha value is -1.04. The standard InChI is InChI=1S/C15H16BrF3N2/c1-8-6-11(16)7-12-13(8)21-14(20-12)9-2-4-10(5-3-9)15(17,18)19/h6-7,9-10H,2-5H2,1H3,(H,20,21). The third kappa shape index (κ3) is 2.96. The van der Waals surface area contributed by atoms with Crippen LogP contribution in [0.4, 0.5) is 13.2 Å². The maximum atomic E-state index is 12.7. The van der Waals surface area contributed by atoms with Gasteiger partial charge in [-0.3, -0.25) is 0 Å². The highest BCUT2D eigenvalue weighted by Gasteiger charge is 2.41. The first-order valence-corrected chi connectivity index (χ1v) is 7.86. The van der Waals surface area contributed by atoms with Crippen molar-refractivity contribution in [3.05, 3.63) is 28.0 Å². The zero-order chi connectivity index (χ0) is 15.2. The van der Waals surface area contributed by atoms with E-state index in [4.69, 9.17) is 0 Å². The molecule has 2 aromatic rings. The van der Waals surface area contributed by atoms with Crippen LogP contribution in [0.15, 0.2) is 16.6 Å². The van der Waals surface area contributed by atoms with E-state index in [0.29, 0.717) is 12.8 Å².